The Balaban J connectivity index is 2.14. The van der Waals surface area contributed by atoms with E-state index in [-0.39, 0.29) is 27.9 Å². The summed E-state index contributed by atoms with van der Waals surface area (Å²) in [6.45, 7) is 1.64. The number of carbonyl (C=O) groups is 1. The molecule has 0 bridgehead atoms. The molecule has 2 heterocycles. The van der Waals surface area contributed by atoms with Crippen LogP contribution in [0.15, 0.2) is 18.2 Å². The fourth-order valence-corrected chi connectivity index (χ4v) is 2.53. The van der Waals surface area contributed by atoms with Gasteiger partial charge in [0.15, 0.2) is 17.2 Å². The van der Waals surface area contributed by atoms with Crippen LogP contribution >= 0.6 is 11.6 Å². The molecule has 1 aliphatic rings. The molecule has 2 aromatic rings. The number of esters is 1. The third-order valence-electron chi connectivity index (χ3n) is 3.48. The van der Waals surface area contributed by atoms with Crippen molar-refractivity contribution in [2.45, 2.75) is 13.2 Å². The molecule has 0 saturated heterocycles. The van der Waals surface area contributed by atoms with Gasteiger partial charge in [-0.2, -0.15) is 0 Å². The molecule has 24 heavy (non-hydrogen) atoms. The summed E-state index contributed by atoms with van der Waals surface area (Å²) in [4.78, 5) is 16.0. The molecule has 2 N–H and O–H groups in total. The predicted octanol–water partition coefficient (Wildman–Crippen LogP) is 3.40. The second-order valence-corrected chi connectivity index (χ2v) is 5.36. The Hall–Kier alpha value is -2.61. The summed E-state index contributed by atoms with van der Waals surface area (Å²) in [7, 11) is 1.18. The van der Waals surface area contributed by atoms with E-state index in [1.54, 1.807) is 6.92 Å². The molecule has 0 saturated carbocycles. The maximum absolute atomic E-state index is 13.1. The minimum atomic E-state index is -3.72. The largest absolute Gasteiger partial charge is 0.586 e. The number of nitrogens with zero attached hydrogens (tertiary/aromatic N) is 1. The molecular weight excluding hydrogens is 346 g/mol. The van der Waals surface area contributed by atoms with Gasteiger partial charge in [0.1, 0.15) is 0 Å². The van der Waals surface area contributed by atoms with Crippen molar-refractivity contribution in [2.24, 2.45) is 0 Å². The number of nitrogens with two attached hydrogens (primary N) is 1. The first-order valence-electron chi connectivity index (χ1n) is 6.67. The maximum Gasteiger partial charge on any atom is 0.586 e. The number of carbonyl (C=O) groups excluding carboxylic acids is 1. The third-order valence-corrected chi connectivity index (χ3v) is 3.86. The fourth-order valence-electron chi connectivity index (χ4n) is 2.27. The number of hydrogen-bond donors (Lipinski definition) is 1. The first kappa shape index (κ1) is 16.3. The average Bonchev–Trinajstić information content (AvgIpc) is 2.85. The van der Waals surface area contributed by atoms with Gasteiger partial charge in [-0.25, -0.2) is 9.78 Å². The number of pyridine rings is 1. The lowest BCUT2D eigenvalue weighted by Gasteiger charge is -2.13. The lowest BCUT2D eigenvalue weighted by molar-refractivity contribution is -0.286. The zero-order valence-corrected chi connectivity index (χ0v) is 13.3. The van der Waals surface area contributed by atoms with Gasteiger partial charge in [0.25, 0.3) is 0 Å². The third kappa shape index (κ3) is 2.58. The van der Waals surface area contributed by atoms with E-state index in [0.29, 0.717) is 16.8 Å². The molecule has 0 radical (unpaired) electrons. The highest BCUT2D eigenvalue weighted by Gasteiger charge is 2.43. The Morgan fingerprint density at radius 3 is 2.67 bits per heavy atom. The van der Waals surface area contributed by atoms with E-state index in [2.05, 4.69) is 19.2 Å². The summed E-state index contributed by atoms with van der Waals surface area (Å²) in [5.74, 6) is -1.01. The highest BCUT2D eigenvalue weighted by Crippen LogP contribution is 2.43. The molecule has 3 rings (SSSR count). The van der Waals surface area contributed by atoms with Crippen LogP contribution in [0.2, 0.25) is 5.02 Å². The molecule has 0 fully saturated rings. The number of fused-ring (bicyclic) bond motifs is 1. The second kappa shape index (κ2) is 5.48. The highest BCUT2D eigenvalue weighted by molar-refractivity contribution is 6.36. The van der Waals surface area contributed by atoms with Gasteiger partial charge in [0.05, 0.1) is 23.5 Å². The maximum atomic E-state index is 13.1. The number of aromatic nitrogens is 1. The Labute approximate surface area is 140 Å². The lowest BCUT2D eigenvalue weighted by Crippen LogP contribution is -2.25. The van der Waals surface area contributed by atoms with Gasteiger partial charge >= 0.3 is 12.3 Å². The number of halogens is 3. The van der Waals surface area contributed by atoms with Crippen LogP contribution in [0.25, 0.3) is 11.3 Å². The zero-order valence-electron chi connectivity index (χ0n) is 12.5. The van der Waals surface area contributed by atoms with E-state index in [9.17, 15) is 13.6 Å². The number of hydrogen-bond acceptors (Lipinski definition) is 6. The van der Waals surface area contributed by atoms with Crippen molar-refractivity contribution >= 4 is 23.3 Å². The predicted molar refractivity (Wildman–Crippen MR) is 81.4 cm³/mol. The van der Waals surface area contributed by atoms with Gasteiger partial charge in [0.2, 0.25) is 0 Å². The summed E-state index contributed by atoms with van der Waals surface area (Å²) in [6.07, 6.45) is -3.72. The Morgan fingerprint density at radius 2 is 2.00 bits per heavy atom. The number of anilines is 1. The number of nitrogen functional groups attached to an aromatic ring is 1. The topological polar surface area (TPSA) is 83.7 Å². The van der Waals surface area contributed by atoms with Gasteiger partial charge < -0.3 is 19.9 Å². The van der Waals surface area contributed by atoms with Crippen molar-refractivity contribution in [3.8, 4) is 22.8 Å². The minimum Gasteiger partial charge on any atom is -0.464 e. The normalized spacial score (nSPS) is 14.5. The molecule has 1 aromatic carbocycles. The summed E-state index contributed by atoms with van der Waals surface area (Å²) in [6, 6.07) is 4.13. The lowest BCUT2D eigenvalue weighted by atomic mass is 10.0. The van der Waals surface area contributed by atoms with E-state index in [0.717, 1.165) is 0 Å². The first-order valence-corrected chi connectivity index (χ1v) is 7.05. The number of alkyl halides is 2. The molecule has 6 nitrogen and oxygen atoms in total. The van der Waals surface area contributed by atoms with Gasteiger partial charge in [0, 0.05) is 5.56 Å². The van der Waals surface area contributed by atoms with Crippen LogP contribution in [0, 0.1) is 6.92 Å². The standard InChI is InChI=1S/C15H11ClF2N2O4/c1-6-11(19)10(16)13(14(21)22-2)20-12(6)7-3-4-8-9(5-7)24-15(17,18)23-8/h3-5H,1-2H3,(H2,19,20). The molecule has 1 aromatic heterocycles. The van der Waals surface area contributed by atoms with Crippen molar-refractivity contribution in [1.82, 2.24) is 4.98 Å². The zero-order chi connectivity index (χ0) is 17.6. The summed E-state index contributed by atoms with van der Waals surface area (Å²) < 4.78 is 39.6. The van der Waals surface area contributed by atoms with Crippen LogP contribution in [0.1, 0.15) is 16.1 Å². The Bertz CT molecular complexity index is 858. The molecule has 0 amide bonds. The van der Waals surface area contributed by atoms with Gasteiger partial charge in [-0.1, -0.05) is 11.6 Å². The number of benzene rings is 1. The quantitative estimate of drug-likeness (QED) is 0.830. The monoisotopic (exact) mass is 356 g/mol. The molecule has 1 aliphatic heterocycles. The molecule has 0 atom stereocenters. The Morgan fingerprint density at radius 1 is 1.33 bits per heavy atom. The highest BCUT2D eigenvalue weighted by atomic mass is 35.5. The van der Waals surface area contributed by atoms with Gasteiger partial charge in [-0.3, -0.25) is 0 Å². The van der Waals surface area contributed by atoms with E-state index < -0.39 is 12.3 Å². The van der Waals surface area contributed by atoms with Crippen LogP contribution in [0.5, 0.6) is 11.5 Å². The van der Waals surface area contributed by atoms with E-state index >= 15 is 0 Å². The van der Waals surface area contributed by atoms with Crippen molar-refractivity contribution in [3.05, 3.63) is 34.5 Å². The van der Waals surface area contributed by atoms with Crippen LogP contribution in [0.4, 0.5) is 14.5 Å². The molecule has 9 heteroatoms. The molecule has 0 spiro atoms. The van der Waals surface area contributed by atoms with Crippen LogP contribution in [-0.2, 0) is 4.74 Å². The van der Waals surface area contributed by atoms with Crippen molar-refractivity contribution in [3.63, 3.8) is 0 Å². The fraction of sp³-hybridized carbons (Fsp3) is 0.200. The summed E-state index contributed by atoms with van der Waals surface area (Å²) >= 11 is 6.03. The SMILES string of the molecule is COC(=O)c1nc(-c2ccc3c(c2)OC(F)(F)O3)c(C)c(N)c1Cl. The van der Waals surface area contributed by atoms with Crippen LogP contribution in [-0.4, -0.2) is 24.4 Å². The second-order valence-electron chi connectivity index (χ2n) is 4.98. The van der Waals surface area contributed by atoms with Crippen molar-refractivity contribution in [1.29, 1.82) is 0 Å². The number of ether oxygens (including phenoxy) is 3. The molecular formula is C15H11ClF2N2O4. The van der Waals surface area contributed by atoms with Crippen molar-refractivity contribution < 1.29 is 27.8 Å². The molecule has 0 aliphatic carbocycles. The number of methoxy groups -OCH3 is 1. The van der Waals surface area contributed by atoms with E-state index in [1.807, 2.05) is 0 Å². The van der Waals surface area contributed by atoms with Gasteiger partial charge in [-0.05, 0) is 30.7 Å². The summed E-state index contributed by atoms with van der Waals surface area (Å²) in [5.41, 5.74) is 7.07. The Kier molecular flexibility index (Phi) is 3.71. The summed E-state index contributed by atoms with van der Waals surface area (Å²) in [5, 5.41) is -0.0321. The molecule has 126 valence electrons. The number of rotatable bonds is 2. The first-order chi connectivity index (χ1) is 11.2. The van der Waals surface area contributed by atoms with E-state index in [1.165, 1.54) is 25.3 Å². The molecule has 0 unspecified atom stereocenters. The smallest absolute Gasteiger partial charge is 0.464 e. The van der Waals surface area contributed by atoms with Crippen LogP contribution in [0.3, 0.4) is 0 Å². The van der Waals surface area contributed by atoms with Crippen molar-refractivity contribution in [2.75, 3.05) is 12.8 Å². The van der Waals surface area contributed by atoms with Crippen LogP contribution < -0.4 is 15.2 Å². The minimum absolute atomic E-state index is 0.0321. The average molecular weight is 357 g/mol. The van der Waals surface area contributed by atoms with E-state index in [4.69, 9.17) is 17.3 Å². The van der Waals surface area contributed by atoms with Gasteiger partial charge in [-0.15, -0.1) is 8.78 Å².